The summed E-state index contributed by atoms with van der Waals surface area (Å²) in [6.07, 6.45) is 1.69. The lowest BCUT2D eigenvalue weighted by Gasteiger charge is -2.12. The molecule has 1 aromatic heterocycles. The van der Waals surface area contributed by atoms with E-state index in [9.17, 15) is 0 Å². The van der Waals surface area contributed by atoms with Crippen LogP contribution in [0.25, 0.3) is 0 Å². The van der Waals surface area contributed by atoms with E-state index in [0.29, 0.717) is 19.0 Å². The van der Waals surface area contributed by atoms with Crippen LogP contribution in [0.15, 0.2) is 65.9 Å². The van der Waals surface area contributed by atoms with E-state index >= 15 is 0 Å². The van der Waals surface area contributed by atoms with E-state index in [4.69, 9.17) is 0 Å². The van der Waals surface area contributed by atoms with E-state index in [2.05, 4.69) is 57.0 Å². The van der Waals surface area contributed by atoms with Crippen molar-refractivity contribution in [1.29, 1.82) is 0 Å². The Hall–Kier alpha value is -3.15. The van der Waals surface area contributed by atoms with Gasteiger partial charge in [-0.15, -0.1) is 10.2 Å². The van der Waals surface area contributed by atoms with E-state index < -0.39 is 0 Å². The van der Waals surface area contributed by atoms with Crippen molar-refractivity contribution in [1.82, 2.24) is 20.1 Å². The largest absolute Gasteiger partial charge is 0.349 e. The zero-order valence-electron chi connectivity index (χ0n) is 14.5. The van der Waals surface area contributed by atoms with E-state index in [0.717, 1.165) is 11.5 Å². The molecule has 2 N–H and O–H groups in total. The zero-order valence-corrected chi connectivity index (χ0v) is 14.5. The lowest BCUT2D eigenvalue weighted by Crippen LogP contribution is -2.31. The Balaban J connectivity index is 1.71. The molecule has 2 aromatic carbocycles. The van der Waals surface area contributed by atoms with Gasteiger partial charge in [-0.25, -0.2) is 4.99 Å². The second kappa shape index (κ2) is 8.10. The number of hydrogen-bond acceptors (Lipinski definition) is 3. The predicted octanol–water partition coefficient (Wildman–Crippen LogP) is 2.88. The molecule has 0 spiro atoms. The number of hydrogen-bond donors (Lipinski definition) is 2. The molecule has 0 saturated heterocycles. The molecule has 0 aliphatic rings. The number of benzene rings is 2. The van der Waals surface area contributed by atoms with Crippen LogP contribution in [0, 0.1) is 6.92 Å². The molecule has 3 aromatic rings. The summed E-state index contributed by atoms with van der Waals surface area (Å²) in [6, 6.07) is 18.4. The van der Waals surface area contributed by atoms with Gasteiger partial charge in [0, 0.05) is 12.7 Å². The molecule has 6 heteroatoms. The molecule has 1 heterocycles. The third-order valence-corrected chi connectivity index (χ3v) is 3.80. The second-order valence-corrected chi connectivity index (χ2v) is 5.85. The Labute approximate surface area is 147 Å². The molecule has 0 unspecified atom stereocenters. The summed E-state index contributed by atoms with van der Waals surface area (Å²) in [5.41, 5.74) is 3.39. The third-order valence-electron chi connectivity index (χ3n) is 3.80. The van der Waals surface area contributed by atoms with Crippen LogP contribution >= 0.6 is 0 Å². The number of para-hydroxylation sites is 1. The lowest BCUT2D eigenvalue weighted by molar-refractivity contribution is 0.745. The topological polar surface area (TPSA) is 67.1 Å². The molecular formula is C19H22N6. The molecule has 6 nitrogen and oxygen atoms in total. The van der Waals surface area contributed by atoms with Gasteiger partial charge in [0.05, 0.1) is 13.1 Å². The number of anilines is 1. The number of nitrogens with zero attached hydrogens (tertiary/aromatic N) is 4. The molecule has 0 aliphatic carbocycles. The highest BCUT2D eigenvalue weighted by Gasteiger charge is 2.04. The van der Waals surface area contributed by atoms with Gasteiger partial charge in [0.2, 0.25) is 0 Å². The van der Waals surface area contributed by atoms with Gasteiger partial charge in [-0.1, -0.05) is 48.0 Å². The predicted molar refractivity (Wildman–Crippen MR) is 100 cm³/mol. The van der Waals surface area contributed by atoms with Gasteiger partial charge in [-0.05, 0) is 24.6 Å². The second-order valence-electron chi connectivity index (χ2n) is 5.85. The number of aryl methyl sites for hydroxylation is 2. The first kappa shape index (κ1) is 16.7. The molecule has 0 aliphatic heterocycles. The maximum absolute atomic E-state index is 4.69. The number of aromatic nitrogens is 3. The summed E-state index contributed by atoms with van der Waals surface area (Å²) >= 11 is 0. The first-order chi connectivity index (χ1) is 12.2. The fourth-order valence-corrected chi connectivity index (χ4v) is 2.29. The standard InChI is InChI=1S/C19H22N6/c1-15-8-10-16(11-9-15)12-20-19(23-17-6-4-3-5-7-17)21-13-18-24-22-14-25(18)2/h3-11,14H,12-13H2,1-2H3,(H2,20,21,23). The van der Waals surface area contributed by atoms with Gasteiger partial charge in [-0.2, -0.15) is 0 Å². The molecule has 3 rings (SSSR count). The number of rotatable bonds is 5. The molecule has 0 fully saturated rings. The van der Waals surface area contributed by atoms with Crippen molar-refractivity contribution in [3.63, 3.8) is 0 Å². The number of guanidine groups is 1. The SMILES string of the molecule is Cc1ccc(CN=C(NCc2nncn2C)Nc2ccccc2)cc1. The highest BCUT2D eigenvalue weighted by atomic mass is 15.3. The van der Waals surface area contributed by atoms with Gasteiger partial charge in [-0.3, -0.25) is 0 Å². The van der Waals surface area contributed by atoms with E-state index in [1.807, 2.05) is 41.9 Å². The van der Waals surface area contributed by atoms with Crippen LogP contribution in [0.4, 0.5) is 5.69 Å². The zero-order chi connectivity index (χ0) is 17.5. The molecule has 25 heavy (non-hydrogen) atoms. The van der Waals surface area contributed by atoms with Crippen molar-refractivity contribution in [3.05, 3.63) is 77.9 Å². The minimum atomic E-state index is 0.545. The van der Waals surface area contributed by atoms with Gasteiger partial charge in [0.15, 0.2) is 11.8 Å². The summed E-state index contributed by atoms with van der Waals surface area (Å²) in [5, 5.41) is 14.6. The van der Waals surface area contributed by atoms with Crippen LogP contribution in [0.2, 0.25) is 0 Å². The van der Waals surface area contributed by atoms with Gasteiger partial charge in [0.25, 0.3) is 0 Å². The maximum Gasteiger partial charge on any atom is 0.196 e. The molecule has 0 atom stereocenters. The van der Waals surface area contributed by atoms with Gasteiger partial charge < -0.3 is 15.2 Å². The lowest BCUT2D eigenvalue weighted by atomic mass is 10.1. The van der Waals surface area contributed by atoms with Crippen molar-refractivity contribution in [2.45, 2.75) is 20.0 Å². The molecule has 0 saturated carbocycles. The molecule has 0 radical (unpaired) electrons. The van der Waals surface area contributed by atoms with Crippen molar-refractivity contribution in [2.24, 2.45) is 12.0 Å². The highest BCUT2D eigenvalue weighted by Crippen LogP contribution is 2.07. The Bertz CT molecular complexity index is 821. The van der Waals surface area contributed by atoms with E-state index in [-0.39, 0.29) is 0 Å². The smallest absolute Gasteiger partial charge is 0.196 e. The van der Waals surface area contributed by atoms with Crippen LogP contribution in [0.1, 0.15) is 17.0 Å². The summed E-state index contributed by atoms with van der Waals surface area (Å²) in [7, 11) is 1.92. The van der Waals surface area contributed by atoms with E-state index in [1.54, 1.807) is 6.33 Å². The Morgan fingerprint density at radius 3 is 2.52 bits per heavy atom. The monoisotopic (exact) mass is 334 g/mol. The average Bonchev–Trinajstić information content (AvgIpc) is 3.04. The fraction of sp³-hybridized carbons (Fsp3) is 0.211. The number of nitrogens with one attached hydrogen (secondary N) is 2. The normalized spacial score (nSPS) is 11.4. The summed E-state index contributed by atoms with van der Waals surface area (Å²) in [5.74, 6) is 1.55. The molecule has 0 amide bonds. The van der Waals surface area contributed by atoms with Crippen LogP contribution in [0.3, 0.4) is 0 Å². The van der Waals surface area contributed by atoms with Crippen molar-refractivity contribution in [2.75, 3.05) is 5.32 Å². The maximum atomic E-state index is 4.69. The van der Waals surface area contributed by atoms with Crippen LogP contribution in [-0.4, -0.2) is 20.7 Å². The van der Waals surface area contributed by atoms with Crippen molar-refractivity contribution < 1.29 is 0 Å². The van der Waals surface area contributed by atoms with Crippen LogP contribution in [-0.2, 0) is 20.1 Å². The molecule has 128 valence electrons. The van der Waals surface area contributed by atoms with Gasteiger partial charge >= 0.3 is 0 Å². The first-order valence-electron chi connectivity index (χ1n) is 8.19. The minimum Gasteiger partial charge on any atom is -0.349 e. The number of aliphatic imine (C=N–C) groups is 1. The summed E-state index contributed by atoms with van der Waals surface area (Å²) in [4.78, 5) is 4.69. The van der Waals surface area contributed by atoms with Crippen molar-refractivity contribution >= 4 is 11.6 Å². The Morgan fingerprint density at radius 1 is 1.08 bits per heavy atom. The first-order valence-corrected chi connectivity index (χ1v) is 8.19. The van der Waals surface area contributed by atoms with E-state index in [1.165, 1.54) is 11.1 Å². The Kier molecular flexibility index (Phi) is 5.41. The van der Waals surface area contributed by atoms with Crippen LogP contribution in [0.5, 0.6) is 0 Å². The summed E-state index contributed by atoms with van der Waals surface area (Å²) < 4.78 is 1.88. The molecule has 0 bridgehead atoms. The minimum absolute atomic E-state index is 0.545. The highest BCUT2D eigenvalue weighted by molar-refractivity contribution is 5.93. The third kappa shape index (κ3) is 4.91. The Morgan fingerprint density at radius 2 is 1.84 bits per heavy atom. The van der Waals surface area contributed by atoms with Gasteiger partial charge in [0.1, 0.15) is 6.33 Å². The fourth-order valence-electron chi connectivity index (χ4n) is 2.29. The average molecular weight is 334 g/mol. The van der Waals surface area contributed by atoms with Crippen molar-refractivity contribution in [3.8, 4) is 0 Å². The summed E-state index contributed by atoms with van der Waals surface area (Å²) in [6.45, 7) is 3.22. The van der Waals surface area contributed by atoms with Crippen LogP contribution < -0.4 is 10.6 Å². The molecular weight excluding hydrogens is 312 g/mol. The quantitative estimate of drug-likeness (QED) is 0.556.